The number of carbonyl (C=O) groups excluding carboxylic acids is 1. The van der Waals surface area contributed by atoms with Gasteiger partial charge in [-0.15, -0.1) is 0 Å². The summed E-state index contributed by atoms with van der Waals surface area (Å²) >= 11 is 6.55. The number of aromatic hydroxyl groups is 1. The Balaban J connectivity index is 1.83. The third-order valence-electron chi connectivity index (χ3n) is 3.67. The van der Waals surface area contributed by atoms with Gasteiger partial charge in [-0.2, -0.15) is 5.10 Å². The molecule has 2 aromatic carbocycles. The normalized spacial score (nSPS) is 12.1. The van der Waals surface area contributed by atoms with Gasteiger partial charge < -0.3 is 14.9 Å². The number of hydrogen-bond acceptors (Lipinski definition) is 5. The minimum absolute atomic E-state index is 0.0297. The summed E-state index contributed by atoms with van der Waals surface area (Å²) in [6.07, 6.45) is 0.981. The lowest BCUT2D eigenvalue weighted by Crippen LogP contribution is -2.18. The standard InChI is InChI=1S/C19H20Br2N2O4/c1-2-27-15-5-3-12(4-6-15)17(24)7-8-18(25)23-22-11-13-9-14(20)10-16(21)19(13)26/h3-6,9-11,17,24,26H,2,7-8H2,1H3,(H,23,25)/b22-11+/t17-/m0/s1. The second-order valence-electron chi connectivity index (χ2n) is 5.68. The fraction of sp³-hybridized carbons (Fsp3) is 0.263. The molecule has 0 saturated heterocycles. The van der Waals surface area contributed by atoms with Crippen LogP contribution in [0.4, 0.5) is 0 Å². The molecule has 0 spiro atoms. The highest BCUT2D eigenvalue weighted by Crippen LogP contribution is 2.30. The Kier molecular flexibility index (Phi) is 8.27. The first-order valence-electron chi connectivity index (χ1n) is 8.31. The lowest BCUT2D eigenvalue weighted by Gasteiger charge is -2.11. The predicted molar refractivity (Wildman–Crippen MR) is 111 cm³/mol. The van der Waals surface area contributed by atoms with E-state index < -0.39 is 6.10 Å². The van der Waals surface area contributed by atoms with Crippen LogP contribution in [-0.4, -0.2) is 28.9 Å². The Morgan fingerprint density at radius 3 is 2.67 bits per heavy atom. The van der Waals surface area contributed by atoms with Crippen LogP contribution in [0.15, 0.2) is 50.4 Å². The van der Waals surface area contributed by atoms with Crippen molar-refractivity contribution in [2.75, 3.05) is 6.61 Å². The second kappa shape index (κ2) is 10.4. The molecule has 0 aliphatic rings. The van der Waals surface area contributed by atoms with Crippen molar-refractivity contribution in [3.63, 3.8) is 0 Å². The SMILES string of the molecule is CCOc1ccc([C@@H](O)CCC(=O)N/N=C/c2cc(Br)cc(Br)c2O)cc1. The van der Waals surface area contributed by atoms with Crippen molar-refractivity contribution >= 4 is 44.0 Å². The number of rotatable bonds is 8. The van der Waals surface area contributed by atoms with Crippen LogP contribution in [0.25, 0.3) is 0 Å². The van der Waals surface area contributed by atoms with Crippen molar-refractivity contribution in [1.82, 2.24) is 5.43 Å². The molecule has 0 fully saturated rings. The number of nitrogens with one attached hydrogen (secondary N) is 1. The van der Waals surface area contributed by atoms with Crippen molar-refractivity contribution in [2.45, 2.75) is 25.9 Å². The van der Waals surface area contributed by atoms with E-state index in [2.05, 4.69) is 42.4 Å². The Bertz CT molecular complexity index is 810. The van der Waals surface area contributed by atoms with E-state index >= 15 is 0 Å². The highest BCUT2D eigenvalue weighted by molar-refractivity contribution is 9.11. The first-order chi connectivity index (χ1) is 12.9. The monoisotopic (exact) mass is 498 g/mol. The number of benzene rings is 2. The molecule has 1 atom stereocenters. The number of nitrogens with zero attached hydrogens (tertiary/aromatic N) is 1. The zero-order valence-corrected chi connectivity index (χ0v) is 17.8. The van der Waals surface area contributed by atoms with E-state index in [0.29, 0.717) is 16.6 Å². The number of phenolic OH excluding ortho intramolecular Hbond substituents is 1. The molecule has 0 aliphatic carbocycles. The summed E-state index contributed by atoms with van der Waals surface area (Å²) in [5, 5.41) is 24.0. The van der Waals surface area contributed by atoms with Gasteiger partial charge in [-0.3, -0.25) is 4.79 Å². The van der Waals surface area contributed by atoms with Gasteiger partial charge in [0.05, 0.1) is 23.4 Å². The number of halogens is 2. The van der Waals surface area contributed by atoms with Crippen LogP contribution in [0.1, 0.15) is 37.0 Å². The number of ether oxygens (including phenoxy) is 1. The molecule has 2 rings (SSSR count). The van der Waals surface area contributed by atoms with Gasteiger partial charge in [0, 0.05) is 16.5 Å². The molecule has 0 saturated carbocycles. The molecule has 0 aliphatic heterocycles. The van der Waals surface area contributed by atoms with E-state index in [4.69, 9.17) is 4.74 Å². The average molecular weight is 500 g/mol. The summed E-state index contributed by atoms with van der Waals surface area (Å²) in [4.78, 5) is 11.9. The van der Waals surface area contributed by atoms with Gasteiger partial charge in [0.1, 0.15) is 11.5 Å². The molecular formula is C19H20Br2N2O4. The largest absolute Gasteiger partial charge is 0.506 e. The molecule has 0 bridgehead atoms. The molecular weight excluding hydrogens is 480 g/mol. The van der Waals surface area contributed by atoms with Crippen molar-refractivity contribution < 1.29 is 19.7 Å². The van der Waals surface area contributed by atoms with Crippen LogP contribution in [0.5, 0.6) is 11.5 Å². The van der Waals surface area contributed by atoms with E-state index in [0.717, 1.165) is 15.8 Å². The third-order valence-corrected chi connectivity index (χ3v) is 4.73. The fourth-order valence-electron chi connectivity index (χ4n) is 2.30. The molecule has 6 nitrogen and oxygen atoms in total. The van der Waals surface area contributed by atoms with Gasteiger partial charge in [0.25, 0.3) is 0 Å². The molecule has 0 aromatic heterocycles. The second-order valence-corrected chi connectivity index (χ2v) is 7.45. The molecule has 0 radical (unpaired) electrons. The van der Waals surface area contributed by atoms with Crippen molar-refractivity contribution in [1.29, 1.82) is 0 Å². The van der Waals surface area contributed by atoms with Crippen molar-refractivity contribution in [2.24, 2.45) is 5.10 Å². The lowest BCUT2D eigenvalue weighted by molar-refractivity contribution is -0.121. The maximum atomic E-state index is 11.9. The number of aliphatic hydroxyl groups is 1. The summed E-state index contributed by atoms with van der Waals surface area (Å²) in [7, 11) is 0. The van der Waals surface area contributed by atoms with Gasteiger partial charge in [-0.25, -0.2) is 5.43 Å². The Hall–Kier alpha value is -1.90. The van der Waals surface area contributed by atoms with Crippen molar-refractivity contribution in [3.8, 4) is 11.5 Å². The summed E-state index contributed by atoms with van der Waals surface area (Å²) in [6, 6.07) is 10.5. The van der Waals surface area contributed by atoms with Gasteiger partial charge in [0.15, 0.2) is 0 Å². The zero-order chi connectivity index (χ0) is 19.8. The third kappa shape index (κ3) is 6.64. The molecule has 8 heteroatoms. The van der Waals surface area contributed by atoms with Crippen LogP contribution in [0.2, 0.25) is 0 Å². The molecule has 27 heavy (non-hydrogen) atoms. The smallest absolute Gasteiger partial charge is 0.240 e. The van der Waals surface area contributed by atoms with E-state index in [1.165, 1.54) is 6.21 Å². The van der Waals surface area contributed by atoms with E-state index in [1.807, 2.05) is 6.92 Å². The van der Waals surface area contributed by atoms with Gasteiger partial charge in [-0.05, 0) is 59.1 Å². The average Bonchev–Trinajstić information content (AvgIpc) is 2.64. The number of carbonyl (C=O) groups is 1. The molecule has 144 valence electrons. The van der Waals surface area contributed by atoms with Crippen molar-refractivity contribution in [3.05, 3.63) is 56.5 Å². The van der Waals surface area contributed by atoms with E-state index in [1.54, 1.807) is 36.4 Å². The van der Waals surface area contributed by atoms with Gasteiger partial charge in [0.2, 0.25) is 5.91 Å². The maximum Gasteiger partial charge on any atom is 0.240 e. The van der Waals surface area contributed by atoms with Crippen LogP contribution in [0, 0.1) is 0 Å². The van der Waals surface area contributed by atoms with Gasteiger partial charge >= 0.3 is 0 Å². The highest BCUT2D eigenvalue weighted by atomic mass is 79.9. The highest BCUT2D eigenvalue weighted by Gasteiger charge is 2.11. The fourth-order valence-corrected chi connectivity index (χ4v) is 3.56. The molecule has 0 heterocycles. The van der Waals surface area contributed by atoms with Crippen LogP contribution in [-0.2, 0) is 4.79 Å². The molecule has 0 unspecified atom stereocenters. The maximum absolute atomic E-state index is 11.9. The predicted octanol–water partition coefficient (Wildman–Crippen LogP) is 4.28. The minimum atomic E-state index is -0.750. The minimum Gasteiger partial charge on any atom is -0.506 e. The Morgan fingerprint density at radius 1 is 1.30 bits per heavy atom. The summed E-state index contributed by atoms with van der Waals surface area (Å²) in [5.74, 6) is 0.440. The van der Waals surface area contributed by atoms with E-state index in [-0.39, 0.29) is 24.5 Å². The first kappa shape index (κ1) is 21.4. The van der Waals surface area contributed by atoms with Crippen LogP contribution in [0.3, 0.4) is 0 Å². The number of hydrogen-bond donors (Lipinski definition) is 3. The Morgan fingerprint density at radius 2 is 2.00 bits per heavy atom. The summed E-state index contributed by atoms with van der Waals surface area (Å²) in [6.45, 7) is 2.48. The van der Waals surface area contributed by atoms with Crippen LogP contribution >= 0.6 is 31.9 Å². The van der Waals surface area contributed by atoms with E-state index in [9.17, 15) is 15.0 Å². The quantitative estimate of drug-likeness (QED) is 0.373. The number of aliphatic hydroxyl groups excluding tert-OH is 1. The number of amides is 1. The number of hydrazone groups is 1. The van der Waals surface area contributed by atoms with Crippen LogP contribution < -0.4 is 10.2 Å². The molecule has 3 N–H and O–H groups in total. The van der Waals surface area contributed by atoms with Gasteiger partial charge in [-0.1, -0.05) is 28.1 Å². The lowest BCUT2D eigenvalue weighted by atomic mass is 10.0. The summed E-state index contributed by atoms with van der Waals surface area (Å²) in [5.41, 5.74) is 3.56. The first-order valence-corrected chi connectivity index (χ1v) is 9.90. The topological polar surface area (TPSA) is 91.2 Å². The Labute approximate surface area is 174 Å². The zero-order valence-electron chi connectivity index (χ0n) is 14.7. The summed E-state index contributed by atoms with van der Waals surface area (Å²) < 4.78 is 6.64. The molecule has 2 aromatic rings. The number of phenols is 1. The molecule has 1 amide bonds.